The fraction of sp³-hybridized carbons (Fsp3) is 0.214. The first-order valence-electron chi connectivity index (χ1n) is 6.61. The van der Waals surface area contributed by atoms with Gasteiger partial charge in [0.15, 0.2) is 11.6 Å². The number of H-pyrrole nitrogens is 2. The van der Waals surface area contributed by atoms with Gasteiger partial charge < -0.3 is 15.3 Å². The Balaban J connectivity index is 1.81. The number of aromatic amines is 2. The van der Waals surface area contributed by atoms with E-state index in [9.17, 15) is 9.18 Å². The maximum absolute atomic E-state index is 14.0. The summed E-state index contributed by atoms with van der Waals surface area (Å²) in [6, 6.07) is 5.50. The van der Waals surface area contributed by atoms with E-state index in [4.69, 9.17) is 0 Å². The van der Waals surface area contributed by atoms with E-state index in [-0.39, 0.29) is 11.5 Å². The van der Waals surface area contributed by atoms with Gasteiger partial charge in [-0.1, -0.05) is 13.0 Å². The summed E-state index contributed by atoms with van der Waals surface area (Å²) in [5, 5.41) is 2.95. The van der Waals surface area contributed by atoms with Crippen LogP contribution in [0.3, 0.4) is 0 Å². The number of hydrogen-bond acceptors (Lipinski definition) is 4. The van der Waals surface area contributed by atoms with E-state index in [1.54, 1.807) is 6.07 Å². The molecule has 3 rings (SSSR count). The maximum Gasteiger partial charge on any atom is 0.323 e. The van der Waals surface area contributed by atoms with Gasteiger partial charge in [-0.2, -0.15) is 0 Å². The molecule has 0 aliphatic heterocycles. The number of anilines is 1. The second-order valence-electron chi connectivity index (χ2n) is 4.65. The second kappa shape index (κ2) is 5.35. The number of rotatable bonds is 4. The van der Waals surface area contributed by atoms with Crippen LogP contribution in [0.25, 0.3) is 11.0 Å². The molecule has 0 saturated heterocycles. The molecule has 0 unspecified atom stereocenters. The van der Waals surface area contributed by atoms with E-state index in [0.29, 0.717) is 18.7 Å². The molecule has 0 spiro atoms. The summed E-state index contributed by atoms with van der Waals surface area (Å²) in [4.78, 5) is 24.4. The summed E-state index contributed by atoms with van der Waals surface area (Å²) < 4.78 is 14.0. The van der Waals surface area contributed by atoms with E-state index in [0.717, 1.165) is 16.6 Å². The van der Waals surface area contributed by atoms with Crippen LogP contribution >= 0.6 is 0 Å². The van der Waals surface area contributed by atoms with Crippen LogP contribution < -0.4 is 11.0 Å². The Morgan fingerprint density at radius 1 is 1.24 bits per heavy atom. The first kappa shape index (κ1) is 13.3. The third-order valence-corrected chi connectivity index (χ3v) is 3.24. The van der Waals surface area contributed by atoms with Crippen molar-refractivity contribution >= 4 is 16.9 Å². The Morgan fingerprint density at radius 2 is 2.05 bits per heavy atom. The zero-order valence-corrected chi connectivity index (χ0v) is 11.4. The van der Waals surface area contributed by atoms with Gasteiger partial charge in [0.2, 0.25) is 0 Å². The minimum Gasteiger partial charge on any atom is -0.363 e. The lowest BCUT2D eigenvalue weighted by Crippen LogP contribution is -2.06. The van der Waals surface area contributed by atoms with Gasteiger partial charge in [-0.25, -0.2) is 19.2 Å². The molecule has 0 amide bonds. The molecule has 6 nitrogen and oxygen atoms in total. The van der Waals surface area contributed by atoms with Gasteiger partial charge in [-0.05, 0) is 24.1 Å². The number of nitrogens with zero attached hydrogens (tertiary/aromatic N) is 2. The lowest BCUT2D eigenvalue weighted by molar-refractivity contribution is 0.596. The Morgan fingerprint density at radius 3 is 2.86 bits per heavy atom. The van der Waals surface area contributed by atoms with Gasteiger partial charge in [0.25, 0.3) is 0 Å². The Labute approximate surface area is 119 Å². The number of aromatic nitrogens is 4. The smallest absolute Gasteiger partial charge is 0.323 e. The van der Waals surface area contributed by atoms with Gasteiger partial charge in [0.1, 0.15) is 6.33 Å². The molecule has 108 valence electrons. The van der Waals surface area contributed by atoms with Crippen LogP contribution in [-0.4, -0.2) is 19.9 Å². The summed E-state index contributed by atoms with van der Waals surface area (Å²) in [5.74, 6) is -0.236. The van der Waals surface area contributed by atoms with Crippen molar-refractivity contribution in [3.05, 3.63) is 52.1 Å². The van der Waals surface area contributed by atoms with Gasteiger partial charge in [-0.15, -0.1) is 0 Å². The Kier molecular flexibility index (Phi) is 3.39. The van der Waals surface area contributed by atoms with Gasteiger partial charge >= 0.3 is 5.69 Å². The molecule has 2 heterocycles. The third-order valence-electron chi connectivity index (χ3n) is 3.24. The largest absolute Gasteiger partial charge is 0.363 e. The molecular formula is C14H14FN5O. The standard InChI is InChI=1S/C14H14FN5O/c1-2-9-12(15)13(18-7-17-9)16-6-8-3-4-10-11(5-8)20-14(21)19-10/h3-5,7H,2,6H2,1H3,(H,16,17,18)(H2,19,20,21). The zero-order chi connectivity index (χ0) is 14.8. The Bertz CT molecular complexity index is 839. The van der Waals surface area contributed by atoms with Crippen molar-refractivity contribution in [3.63, 3.8) is 0 Å². The fourth-order valence-electron chi connectivity index (χ4n) is 2.15. The highest BCUT2D eigenvalue weighted by atomic mass is 19.1. The molecular weight excluding hydrogens is 273 g/mol. The SMILES string of the molecule is CCc1ncnc(NCc2ccc3[nH]c(=O)[nH]c3c2)c1F. The minimum absolute atomic E-state index is 0.185. The molecule has 0 bridgehead atoms. The first-order valence-corrected chi connectivity index (χ1v) is 6.61. The normalized spacial score (nSPS) is 11.0. The molecule has 21 heavy (non-hydrogen) atoms. The van der Waals surface area contributed by atoms with Gasteiger partial charge in [0.05, 0.1) is 16.7 Å². The van der Waals surface area contributed by atoms with Crippen LogP contribution in [0.2, 0.25) is 0 Å². The molecule has 0 aliphatic carbocycles. The predicted molar refractivity (Wildman–Crippen MR) is 77.6 cm³/mol. The van der Waals surface area contributed by atoms with E-state index in [2.05, 4.69) is 25.3 Å². The van der Waals surface area contributed by atoms with Crippen molar-refractivity contribution in [2.75, 3.05) is 5.32 Å². The lowest BCUT2D eigenvalue weighted by Gasteiger charge is -2.08. The zero-order valence-electron chi connectivity index (χ0n) is 11.4. The molecule has 3 N–H and O–H groups in total. The van der Waals surface area contributed by atoms with E-state index in [1.807, 2.05) is 19.1 Å². The van der Waals surface area contributed by atoms with Crippen molar-refractivity contribution in [1.29, 1.82) is 0 Å². The molecule has 2 aromatic heterocycles. The van der Waals surface area contributed by atoms with Gasteiger partial charge in [0, 0.05) is 6.54 Å². The number of hydrogen-bond donors (Lipinski definition) is 3. The third kappa shape index (κ3) is 2.62. The molecule has 7 heteroatoms. The van der Waals surface area contributed by atoms with E-state index in [1.165, 1.54) is 6.33 Å². The first-order chi connectivity index (χ1) is 10.2. The van der Waals surface area contributed by atoms with Crippen molar-refractivity contribution in [3.8, 4) is 0 Å². The quantitative estimate of drug-likeness (QED) is 0.684. The summed E-state index contributed by atoms with van der Waals surface area (Å²) >= 11 is 0. The van der Waals surface area contributed by atoms with Crippen LogP contribution in [-0.2, 0) is 13.0 Å². The Hall–Kier alpha value is -2.70. The average Bonchev–Trinajstić information content (AvgIpc) is 2.85. The molecule has 0 saturated carbocycles. The molecule has 3 aromatic rings. The lowest BCUT2D eigenvalue weighted by atomic mass is 10.2. The summed E-state index contributed by atoms with van der Waals surface area (Å²) in [5.41, 5.74) is 2.51. The monoisotopic (exact) mass is 287 g/mol. The molecule has 0 aliphatic rings. The van der Waals surface area contributed by atoms with E-state index >= 15 is 0 Å². The highest BCUT2D eigenvalue weighted by molar-refractivity contribution is 5.75. The molecule has 0 atom stereocenters. The number of benzene rings is 1. The number of nitrogens with one attached hydrogen (secondary N) is 3. The second-order valence-corrected chi connectivity index (χ2v) is 4.65. The number of imidazole rings is 1. The van der Waals surface area contributed by atoms with Crippen LogP contribution in [0.4, 0.5) is 10.2 Å². The highest BCUT2D eigenvalue weighted by Gasteiger charge is 2.09. The van der Waals surface area contributed by atoms with Gasteiger partial charge in [-0.3, -0.25) is 0 Å². The number of halogens is 1. The highest BCUT2D eigenvalue weighted by Crippen LogP contribution is 2.15. The molecule has 1 aromatic carbocycles. The molecule has 0 radical (unpaired) electrons. The average molecular weight is 287 g/mol. The van der Waals surface area contributed by atoms with Crippen LogP contribution in [0.1, 0.15) is 18.2 Å². The van der Waals surface area contributed by atoms with Crippen molar-refractivity contribution in [2.24, 2.45) is 0 Å². The summed E-state index contributed by atoms with van der Waals surface area (Å²) in [7, 11) is 0. The van der Waals surface area contributed by atoms with Crippen LogP contribution in [0.15, 0.2) is 29.3 Å². The summed E-state index contributed by atoms with van der Waals surface area (Å²) in [6.07, 6.45) is 1.86. The van der Waals surface area contributed by atoms with Crippen molar-refractivity contribution in [2.45, 2.75) is 19.9 Å². The maximum atomic E-state index is 14.0. The predicted octanol–water partition coefficient (Wildman–Crippen LogP) is 1.96. The van der Waals surface area contributed by atoms with Crippen LogP contribution in [0, 0.1) is 5.82 Å². The summed E-state index contributed by atoms with van der Waals surface area (Å²) in [6.45, 7) is 2.24. The number of fused-ring (bicyclic) bond motifs is 1. The van der Waals surface area contributed by atoms with Crippen LogP contribution in [0.5, 0.6) is 0 Å². The van der Waals surface area contributed by atoms with Crippen molar-refractivity contribution < 1.29 is 4.39 Å². The fourth-order valence-corrected chi connectivity index (χ4v) is 2.15. The van der Waals surface area contributed by atoms with E-state index < -0.39 is 5.82 Å². The minimum atomic E-state index is -0.420. The number of aryl methyl sites for hydroxylation is 1. The topological polar surface area (TPSA) is 86.5 Å². The molecule has 0 fully saturated rings. The van der Waals surface area contributed by atoms with Crippen molar-refractivity contribution in [1.82, 2.24) is 19.9 Å².